The third kappa shape index (κ3) is 6.49. The maximum atomic E-state index is 12.3. The summed E-state index contributed by atoms with van der Waals surface area (Å²) in [5.41, 5.74) is 0.524. The quantitative estimate of drug-likeness (QED) is 0.381. The second kappa shape index (κ2) is 11.7. The molecule has 3 aromatic carbocycles. The number of hydrogen-bond acceptors (Lipinski definition) is 7. The number of esters is 1. The molecular formula is C26H28N2O6. The number of carbonyl (C=O) groups excluding carboxylic acids is 1. The number of aromatic carboxylic acids is 1. The number of carboxylic acids is 1. The van der Waals surface area contributed by atoms with E-state index in [1.165, 1.54) is 6.07 Å². The van der Waals surface area contributed by atoms with Crippen molar-refractivity contribution >= 4 is 23.3 Å². The number of ether oxygens (including phenoxy) is 3. The van der Waals surface area contributed by atoms with Gasteiger partial charge in [-0.2, -0.15) is 0 Å². The van der Waals surface area contributed by atoms with Gasteiger partial charge in [-0.3, -0.25) is 0 Å². The number of hydrogen-bond donors (Lipinski definition) is 2. The van der Waals surface area contributed by atoms with Gasteiger partial charge in [-0.1, -0.05) is 24.3 Å². The number of likely N-dealkylation sites (N-methyl/N-ethyl adjacent to an activating group) is 1. The normalized spacial score (nSPS) is 10.6. The maximum absolute atomic E-state index is 12.3. The topological polar surface area (TPSA) is 97.3 Å². The molecule has 0 spiro atoms. The summed E-state index contributed by atoms with van der Waals surface area (Å²) < 4.78 is 16.9. The lowest BCUT2D eigenvalue weighted by atomic mass is 10.0. The molecule has 0 saturated carbocycles. The van der Waals surface area contributed by atoms with Gasteiger partial charge in [0.05, 0.1) is 29.1 Å². The van der Waals surface area contributed by atoms with E-state index in [-0.39, 0.29) is 23.4 Å². The molecule has 8 nitrogen and oxygen atoms in total. The van der Waals surface area contributed by atoms with E-state index in [1.807, 2.05) is 49.3 Å². The van der Waals surface area contributed by atoms with Crippen molar-refractivity contribution in [1.29, 1.82) is 0 Å². The van der Waals surface area contributed by atoms with Crippen LogP contribution >= 0.6 is 0 Å². The Labute approximate surface area is 198 Å². The van der Waals surface area contributed by atoms with E-state index < -0.39 is 11.9 Å². The molecule has 3 rings (SSSR count). The predicted molar refractivity (Wildman–Crippen MR) is 130 cm³/mol. The van der Waals surface area contributed by atoms with Gasteiger partial charge in [0.25, 0.3) is 0 Å². The van der Waals surface area contributed by atoms with Gasteiger partial charge in [0.2, 0.25) is 0 Å². The Bertz CT molecular complexity index is 1130. The number of para-hydroxylation sites is 1. The van der Waals surface area contributed by atoms with E-state index in [0.29, 0.717) is 29.5 Å². The fraction of sp³-hybridized carbons (Fsp3) is 0.231. The smallest absolute Gasteiger partial charge is 0.339 e. The minimum Gasteiger partial charge on any atom is -0.492 e. The fourth-order valence-corrected chi connectivity index (χ4v) is 3.15. The molecule has 8 heteroatoms. The lowest BCUT2D eigenvalue weighted by Crippen LogP contribution is -2.19. The lowest BCUT2D eigenvalue weighted by Gasteiger charge is -2.18. The molecule has 0 saturated heterocycles. The number of anilines is 2. The van der Waals surface area contributed by atoms with Crippen LogP contribution in [0.5, 0.6) is 17.2 Å². The Morgan fingerprint density at radius 2 is 1.71 bits per heavy atom. The zero-order chi connectivity index (χ0) is 24.5. The summed E-state index contributed by atoms with van der Waals surface area (Å²) in [6.45, 7) is 3.04. The molecule has 0 heterocycles. The van der Waals surface area contributed by atoms with Crippen molar-refractivity contribution in [1.82, 2.24) is 4.90 Å². The monoisotopic (exact) mass is 464 g/mol. The predicted octanol–water partition coefficient (Wildman–Crippen LogP) is 5.04. The molecule has 0 aliphatic heterocycles. The third-order valence-electron chi connectivity index (χ3n) is 4.77. The summed E-state index contributed by atoms with van der Waals surface area (Å²) in [5.74, 6) is -0.299. The minimum absolute atomic E-state index is 0.0338. The average Bonchev–Trinajstić information content (AvgIpc) is 2.81. The Kier molecular flexibility index (Phi) is 8.48. The Balaban J connectivity index is 1.97. The number of nitrogens with one attached hydrogen (secondary N) is 1. The van der Waals surface area contributed by atoms with E-state index in [1.54, 1.807) is 37.3 Å². The molecule has 0 unspecified atom stereocenters. The first-order valence-corrected chi connectivity index (χ1v) is 10.8. The van der Waals surface area contributed by atoms with Crippen LogP contribution in [0.3, 0.4) is 0 Å². The van der Waals surface area contributed by atoms with Crippen LogP contribution in [-0.2, 0) is 4.74 Å². The van der Waals surface area contributed by atoms with Gasteiger partial charge >= 0.3 is 11.9 Å². The number of nitrogens with zero attached hydrogens (tertiary/aromatic N) is 1. The molecule has 0 aromatic heterocycles. The highest BCUT2D eigenvalue weighted by atomic mass is 16.5. The summed E-state index contributed by atoms with van der Waals surface area (Å²) >= 11 is 0. The number of carboxylic acid groups (broad SMARTS) is 1. The molecule has 178 valence electrons. The van der Waals surface area contributed by atoms with Gasteiger partial charge in [-0.05, 0) is 57.4 Å². The van der Waals surface area contributed by atoms with E-state index in [9.17, 15) is 14.7 Å². The summed E-state index contributed by atoms with van der Waals surface area (Å²) in [5, 5.41) is 12.9. The molecule has 0 aliphatic rings. The van der Waals surface area contributed by atoms with Crippen molar-refractivity contribution in [3.05, 3.63) is 77.9 Å². The first-order chi connectivity index (χ1) is 16.4. The first kappa shape index (κ1) is 24.6. The molecule has 3 aromatic rings. The van der Waals surface area contributed by atoms with Gasteiger partial charge in [0.15, 0.2) is 5.75 Å². The van der Waals surface area contributed by atoms with Crippen LogP contribution in [0, 0.1) is 0 Å². The highest BCUT2D eigenvalue weighted by molar-refractivity contribution is 6.07. The van der Waals surface area contributed by atoms with Crippen molar-refractivity contribution < 1.29 is 28.9 Å². The fourth-order valence-electron chi connectivity index (χ4n) is 3.15. The van der Waals surface area contributed by atoms with Gasteiger partial charge in [-0.15, -0.1) is 0 Å². The minimum atomic E-state index is -1.25. The van der Waals surface area contributed by atoms with E-state index >= 15 is 0 Å². The molecule has 0 amide bonds. The SMILES string of the molecule is CCOC(=O)c1cccc(Nc2ccc(OCCN(C)C)cc2Oc2ccccc2)c1C(=O)O. The zero-order valence-corrected chi connectivity index (χ0v) is 19.4. The summed E-state index contributed by atoms with van der Waals surface area (Å²) in [7, 11) is 3.93. The number of benzene rings is 3. The van der Waals surface area contributed by atoms with Gasteiger partial charge in [0, 0.05) is 12.6 Å². The standard InChI is InChI=1S/C26H28N2O6/c1-4-32-26(31)20-11-8-12-22(24(20)25(29)30)27-21-14-13-19(33-16-15-28(2)3)17-23(21)34-18-9-6-5-7-10-18/h5-14,17,27H,4,15-16H2,1-3H3,(H,29,30). The number of carbonyl (C=O) groups is 2. The second-order valence-electron chi connectivity index (χ2n) is 7.60. The van der Waals surface area contributed by atoms with Crippen LogP contribution in [0.1, 0.15) is 27.6 Å². The van der Waals surface area contributed by atoms with E-state index in [4.69, 9.17) is 14.2 Å². The van der Waals surface area contributed by atoms with Gasteiger partial charge in [-0.25, -0.2) is 9.59 Å². The zero-order valence-electron chi connectivity index (χ0n) is 19.4. The van der Waals surface area contributed by atoms with E-state index in [2.05, 4.69) is 5.32 Å². The van der Waals surface area contributed by atoms with E-state index in [0.717, 1.165) is 6.54 Å². The van der Waals surface area contributed by atoms with Crippen LogP contribution in [0.2, 0.25) is 0 Å². The van der Waals surface area contributed by atoms with Crippen LogP contribution in [0.4, 0.5) is 11.4 Å². The highest BCUT2D eigenvalue weighted by Crippen LogP contribution is 2.36. The van der Waals surface area contributed by atoms with Crippen molar-refractivity contribution in [3.63, 3.8) is 0 Å². The number of rotatable bonds is 11. The molecule has 34 heavy (non-hydrogen) atoms. The Hall–Kier alpha value is -4.04. The van der Waals surface area contributed by atoms with Crippen LogP contribution in [0.15, 0.2) is 66.7 Å². The van der Waals surface area contributed by atoms with Crippen molar-refractivity contribution in [3.8, 4) is 17.2 Å². The van der Waals surface area contributed by atoms with Gasteiger partial charge < -0.3 is 29.5 Å². The van der Waals surface area contributed by atoms with Crippen molar-refractivity contribution in [2.24, 2.45) is 0 Å². The summed E-state index contributed by atoms with van der Waals surface area (Å²) in [6.07, 6.45) is 0. The Morgan fingerprint density at radius 1 is 0.941 bits per heavy atom. The van der Waals surface area contributed by atoms with Crippen LogP contribution < -0.4 is 14.8 Å². The first-order valence-electron chi connectivity index (χ1n) is 10.8. The molecule has 0 bridgehead atoms. The average molecular weight is 465 g/mol. The summed E-state index contributed by atoms with van der Waals surface area (Å²) in [4.78, 5) is 26.4. The lowest BCUT2D eigenvalue weighted by molar-refractivity contribution is 0.0515. The molecule has 0 atom stereocenters. The molecule has 0 aliphatic carbocycles. The second-order valence-corrected chi connectivity index (χ2v) is 7.60. The Morgan fingerprint density at radius 3 is 2.38 bits per heavy atom. The van der Waals surface area contributed by atoms with Crippen LogP contribution in [-0.4, -0.2) is 55.8 Å². The molecule has 0 fully saturated rings. The highest BCUT2D eigenvalue weighted by Gasteiger charge is 2.22. The van der Waals surface area contributed by atoms with Gasteiger partial charge in [0.1, 0.15) is 18.1 Å². The molecular weight excluding hydrogens is 436 g/mol. The van der Waals surface area contributed by atoms with Crippen molar-refractivity contribution in [2.75, 3.05) is 39.2 Å². The summed E-state index contributed by atoms with van der Waals surface area (Å²) in [6, 6.07) is 19.1. The molecule has 0 radical (unpaired) electrons. The maximum Gasteiger partial charge on any atom is 0.339 e. The largest absolute Gasteiger partial charge is 0.492 e. The third-order valence-corrected chi connectivity index (χ3v) is 4.77. The van der Waals surface area contributed by atoms with Crippen molar-refractivity contribution in [2.45, 2.75) is 6.92 Å². The van der Waals surface area contributed by atoms with Crippen LogP contribution in [0.25, 0.3) is 0 Å². The molecule has 2 N–H and O–H groups in total.